The Morgan fingerprint density at radius 2 is 1.50 bits per heavy atom. The highest BCUT2D eigenvalue weighted by Crippen LogP contribution is 2.11. The van der Waals surface area contributed by atoms with Crippen molar-refractivity contribution in [2.45, 2.75) is 64.9 Å². The fourth-order valence-electron chi connectivity index (χ4n) is 2.14. The van der Waals surface area contributed by atoms with Crippen LogP contribution in [0.15, 0.2) is 24.3 Å². The van der Waals surface area contributed by atoms with Gasteiger partial charge in [0.2, 0.25) is 0 Å². The highest BCUT2D eigenvalue weighted by atomic mass is 35.5. The molecular weight excluding hydrogens is 328 g/mol. The van der Waals surface area contributed by atoms with Gasteiger partial charge in [-0.3, -0.25) is 9.59 Å². The zero-order chi connectivity index (χ0) is 17.6. The van der Waals surface area contributed by atoms with Crippen molar-refractivity contribution < 1.29 is 19.1 Å². The molecule has 0 aliphatic rings. The summed E-state index contributed by atoms with van der Waals surface area (Å²) in [6, 6.07) is 7.21. The number of benzene rings is 1. The molecule has 24 heavy (non-hydrogen) atoms. The first-order chi connectivity index (χ1) is 11.6. The van der Waals surface area contributed by atoms with E-state index in [-0.39, 0.29) is 18.5 Å². The Morgan fingerprint density at radius 1 is 0.875 bits per heavy atom. The minimum atomic E-state index is -0.216. The summed E-state index contributed by atoms with van der Waals surface area (Å²) in [7, 11) is 0. The average Bonchev–Trinajstić information content (AvgIpc) is 2.58. The molecule has 5 heteroatoms. The molecule has 1 rings (SSSR count). The average molecular weight is 355 g/mol. The van der Waals surface area contributed by atoms with E-state index in [9.17, 15) is 9.59 Å². The van der Waals surface area contributed by atoms with E-state index < -0.39 is 0 Å². The van der Waals surface area contributed by atoms with Crippen LogP contribution in [0.1, 0.15) is 63.9 Å². The normalized spacial score (nSPS) is 10.4. The van der Waals surface area contributed by atoms with Crippen LogP contribution in [0.3, 0.4) is 0 Å². The smallest absolute Gasteiger partial charge is 0.306 e. The molecule has 4 nitrogen and oxygen atoms in total. The van der Waals surface area contributed by atoms with Gasteiger partial charge in [-0.15, -0.1) is 0 Å². The molecule has 0 amide bonds. The van der Waals surface area contributed by atoms with Gasteiger partial charge >= 0.3 is 11.9 Å². The van der Waals surface area contributed by atoms with Crippen LogP contribution in [0.25, 0.3) is 0 Å². The van der Waals surface area contributed by atoms with Gasteiger partial charge in [0.05, 0.1) is 6.61 Å². The maximum Gasteiger partial charge on any atom is 0.306 e. The largest absolute Gasteiger partial charge is 0.466 e. The fourth-order valence-corrected chi connectivity index (χ4v) is 2.27. The van der Waals surface area contributed by atoms with E-state index >= 15 is 0 Å². The molecule has 0 saturated carbocycles. The Kier molecular flexibility index (Phi) is 10.9. The highest BCUT2D eigenvalue weighted by Gasteiger charge is 2.06. The standard InChI is InChI=1S/C19H27ClO4/c1-2-3-7-14-23-18(21)8-5-4-6-9-19(22)24-15-16-10-12-17(20)13-11-16/h10-13H,2-9,14-15H2,1H3. The third kappa shape index (κ3) is 10.3. The van der Waals surface area contributed by atoms with Gasteiger partial charge in [0.25, 0.3) is 0 Å². The van der Waals surface area contributed by atoms with Gasteiger partial charge in [-0.05, 0) is 37.0 Å². The number of rotatable bonds is 12. The number of carbonyl (C=O) groups is 2. The summed E-state index contributed by atoms with van der Waals surface area (Å²) in [6.07, 6.45) is 6.23. The summed E-state index contributed by atoms with van der Waals surface area (Å²) in [6.45, 7) is 2.89. The number of halogens is 1. The molecule has 0 atom stereocenters. The van der Waals surface area contributed by atoms with Crippen LogP contribution in [-0.2, 0) is 25.7 Å². The maximum absolute atomic E-state index is 11.6. The number of unbranched alkanes of at least 4 members (excludes halogenated alkanes) is 4. The molecule has 0 spiro atoms. The lowest BCUT2D eigenvalue weighted by molar-refractivity contribution is -0.145. The van der Waals surface area contributed by atoms with Crippen LogP contribution in [0, 0.1) is 0 Å². The number of esters is 2. The lowest BCUT2D eigenvalue weighted by atomic mass is 10.1. The second-order valence-corrected chi connectivity index (χ2v) is 6.21. The van der Waals surface area contributed by atoms with Crippen molar-refractivity contribution in [2.24, 2.45) is 0 Å². The van der Waals surface area contributed by atoms with E-state index in [1.807, 2.05) is 12.1 Å². The summed E-state index contributed by atoms with van der Waals surface area (Å²) >= 11 is 5.80. The Bertz CT molecular complexity index is 485. The Hall–Kier alpha value is -1.55. The van der Waals surface area contributed by atoms with Crippen LogP contribution >= 0.6 is 11.6 Å². The molecule has 0 unspecified atom stereocenters. The van der Waals surface area contributed by atoms with Crippen molar-refractivity contribution >= 4 is 23.5 Å². The zero-order valence-corrected chi connectivity index (χ0v) is 15.1. The molecule has 0 bridgehead atoms. The number of carbonyl (C=O) groups excluding carboxylic acids is 2. The molecule has 134 valence electrons. The summed E-state index contributed by atoms with van der Waals surface area (Å²) in [5.41, 5.74) is 0.915. The van der Waals surface area contributed by atoms with Crippen molar-refractivity contribution in [2.75, 3.05) is 6.61 Å². The zero-order valence-electron chi connectivity index (χ0n) is 14.4. The molecule has 1 aromatic carbocycles. The van der Waals surface area contributed by atoms with Crippen LogP contribution in [-0.4, -0.2) is 18.5 Å². The van der Waals surface area contributed by atoms with E-state index in [4.69, 9.17) is 21.1 Å². The third-order valence-electron chi connectivity index (χ3n) is 3.59. The highest BCUT2D eigenvalue weighted by molar-refractivity contribution is 6.30. The lowest BCUT2D eigenvalue weighted by Crippen LogP contribution is -2.06. The van der Waals surface area contributed by atoms with Gasteiger partial charge < -0.3 is 9.47 Å². The van der Waals surface area contributed by atoms with Crippen molar-refractivity contribution in [1.82, 2.24) is 0 Å². The van der Waals surface area contributed by atoms with E-state index in [0.717, 1.165) is 44.1 Å². The lowest BCUT2D eigenvalue weighted by Gasteiger charge is -2.06. The third-order valence-corrected chi connectivity index (χ3v) is 3.84. The van der Waals surface area contributed by atoms with Crippen molar-refractivity contribution in [1.29, 1.82) is 0 Å². The van der Waals surface area contributed by atoms with Gasteiger partial charge in [0.1, 0.15) is 6.61 Å². The summed E-state index contributed by atoms with van der Waals surface area (Å²) in [5.74, 6) is -0.358. The van der Waals surface area contributed by atoms with Gasteiger partial charge in [0, 0.05) is 17.9 Å². The first kappa shape index (κ1) is 20.5. The van der Waals surface area contributed by atoms with E-state index in [0.29, 0.717) is 24.5 Å². The monoisotopic (exact) mass is 354 g/mol. The Labute approximate surface area is 149 Å². The summed E-state index contributed by atoms with van der Waals surface area (Å²) in [5, 5.41) is 0.661. The SMILES string of the molecule is CCCCCOC(=O)CCCCCC(=O)OCc1ccc(Cl)cc1. The van der Waals surface area contributed by atoms with Gasteiger partial charge in [-0.25, -0.2) is 0 Å². The molecule has 0 heterocycles. The van der Waals surface area contributed by atoms with E-state index in [2.05, 4.69) is 6.92 Å². The van der Waals surface area contributed by atoms with Gasteiger partial charge in [-0.2, -0.15) is 0 Å². The molecule has 0 aromatic heterocycles. The number of ether oxygens (including phenoxy) is 2. The van der Waals surface area contributed by atoms with Gasteiger partial charge in [-0.1, -0.05) is 49.9 Å². The topological polar surface area (TPSA) is 52.6 Å². The predicted octanol–water partition coefficient (Wildman–Crippen LogP) is 5.07. The van der Waals surface area contributed by atoms with E-state index in [1.54, 1.807) is 12.1 Å². The second kappa shape index (κ2) is 12.8. The predicted molar refractivity (Wildman–Crippen MR) is 94.8 cm³/mol. The molecule has 0 fully saturated rings. The Morgan fingerprint density at radius 3 is 2.12 bits per heavy atom. The fraction of sp³-hybridized carbons (Fsp3) is 0.579. The van der Waals surface area contributed by atoms with Crippen LogP contribution in [0.4, 0.5) is 0 Å². The first-order valence-corrected chi connectivity index (χ1v) is 9.05. The van der Waals surface area contributed by atoms with Crippen molar-refractivity contribution in [3.05, 3.63) is 34.9 Å². The molecule has 0 aliphatic carbocycles. The molecule has 0 saturated heterocycles. The summed E-state index contributed by atoms with van der Waals surface area (Å²) in [4.78, 5) is 23.1. The minimum absolute atomic E-state index is 0.142. The minimum Gasteiger partial charge on any atom is -0.466 e. The molecular formula is C19H27ClO4. The van der Waals surface area contributed by atoms with Crippen LogP contribution in [0.2, 0.25) is 5.02 Å². The molecule has 0 aliphatic heterocycles. The van der Waals surface area contributed by atoms with Crippen molar-refractivity contribution in [3.8, 4) is 0 Å². The van der Waals surface area contributed by atoms with Gasteiger partial charge in [0.15, 0.2) is 0 Å². The second-order valence-electron chi connectivity index (χ2n) is 5.78. The summed E-state index contributed by atoms with van der Waals surface area (Å²) < 4.78 is 10.3. The van der Waals surface area contributed by atoms with Crippen LogP contribution < -0.4 is 0 Å². The quantitative estimate of drug-likeness (QED) is 0.388. The Balaban J connectivity index is 1.99. The van der Waals surface area contributed by atoms with Crippen molar-refractivity contribution in [3.63, 3.8) is 0 Å². The van der Waals surface area contributed by atoms with Crippen LogP contribution in [0.5, 0.6) is 0 Å². The number of hydrogen-bond acceptors (Lipinski definition) is 4. The molecule has 0 N–H and O–H groups in total. The molecule has 1 aromatic rings. The first-order valence-electron chi connectivity index (χ1n) is 8.67. The molecule has 0 radical (unpaired) electrons. The van der Waals surface area contributed by atoms with E-state index in [1.165, 1.54) is 0 Å². The maximum atomic E-state index is 11.6. The number of hydrogen-bond donors (Lipinski definition) is 0.